The lowest BCUT2D eigenvalue weighted by molar-refractivity contribution is 0.102. The van der Waals surface area contributed by atoms with Crippen molar-refractivity contribution in [3.63, 3.8) is 0 Å². The molecule has 1 heterocycles. The van der Waals surface area contributed by atoms with Gasteiger partial charge in [-0.15, -0.1) is 5.10 Å². The molecule has 3 aromatic rings. The topological polar surface area (TPSA) is 59.8 Å². The fourth-order valence-electron chi connectivity index (χ4n) is 2.08. The molecule has 106 valence electrons. The molecule has 0 unspecified atom stereocenters. The lowest BCUT2D eigenvalue weighted by atomic mass is 10.2. The van der Waals surface area contributed by atoms with Crippen molar-refractivity contribution in [1.29, 1.82) is 0 Å². The Bertz CT molecular complexity index is 795. The quantitative estimate of drug-likeness (QED) is 0.807. The van der Waals surface area contributed by atoms with Gasteiger partial charge in [0, 0.05) is 22.8 Å². The summed E-state index contributed by atoms with van der Waals surface area (Å²) in [5, 5.41) is 11.5. The van der Waals surface area contributed by atoms with E-state index in [2.05, 4.69) is 15.6 Å². The monoisotopic (exact) mass is 300 g/mol. The summed E-state index contributed by atoms with van der Waals surface area (Å²) < 4.78 is 1.79. The van der Waals surface area contributed by atoms with Gasteiger partial charge < -0.3 is 5.32 Å². The first-order chi connectivity index (χ1) is 10.2. The Morgan fingerprint density at radius 1 is 1.24 bits per heavy atom. The van der Waals surface area contributed by atoms with Crippen LogP contribution in [-0.2, 0) is 6.54 Å². The predicted octanol–water partition coefficient (Wildman–Crippen LogP) is 3.36. The smallest absolute Gasteiger partial charge is 0.255 e. The van der Waals surface area contributed by atoms with Crippen LogP contribution in [0.25, 0.3) is 11.0 Å². The molecule has 0 atom stereocenters. The normalized spacial score (nSPS) is 10.8. The Morgan fingerprint density at radius 3 is 2.71 bits per heavy atom. The zero-order chi connectivity index (χ0) is 14.8. The second-order valence-electron chi connectivity index (χ2n) is 4.57. The summed E-state index contributed by atoms with van der Waals surface area (Å²) in [6.45, 7) is 2.74. The van der Waals surface area contributed by atoms with Crippen LogP contribution in [0.1, 0.15) is 17.3 Å². The second-order valence-corrected chi connectivity index (χ2v) is 5.01. The summed E-state index contributed by atoms with van der Waals surface area (Å²) in [4.78, 5) is 12.2. The van der Waals surface area contributed by atoms with Gasteiger partial charge in [-0.05, 0) is 49.4 Å². The fraction of sp³-hybridized carbons (Fsp3) is 0.133. The SMILES string of the molecule is CCn1nnc2cc(C(=O)Nc3ccc(Cl)cc3)ccc21. The van der Waals surface area contributed by atoms with Gasteiger partial charge >= 0.3 is 0 Å². The molecular weight excluding hydrogens is 288 g/mol. The van der Waals surface area contributed by atoms with E-state index in [1.807, 2.05) is 13.0 Å². The van der Waals surface area contributed by atoms with Crippen LogP contribution >= 0.6 is 11.6 Å². The first-order valence-corrected chi connectivity index (χ1v) is 6.95. The number of anilines is 1. The summed E-state index contributed by atoms with van der Waals surface area (Å²) in [5.41, 5.74) is 2.86. The molecule has 5 nitrogen and oxygen atoms in total. The van der Waals surface area contributed by atoms with Gasteiger partial charge in [-0.25, -0.2) is 4.68 Å². The molecule has 0 aliphatic rings. The Labute approximate surface area is 126 Å². The molecule has 1 amide bonds. The number of rotatable bonds is 3. The number of carbonyl (C=O) groups excluding carboxylic acids is 1. The van der Waals surface area contributed by atoms with Crippen LogP contribution in [0.2, 0.25) is 5.02 Å². The van der Waals surface area contributed by atoms with Crippen molar-refractivity contribution in [3.05, 3.63) is 53.1 Å². The molecule has 0 spiro atoms. The fourth-order valence-corrected chi connectivity index (χ4v) is 2.21. The third-order valence-electron chi connectivity index (χ3n) is 3.18. The summed E-state index contributed by atoms with van der Waals surface area (Å²) in [7, 11) is 0. The number of amides is 1. The van der Waals surface area contributed by atoms with Crippen LogP contribution in [0, 0.1) is 0 Å². The van der Waals surface area contributed by atoms with Gasteiger partial charge in [0.15, 0.2) is 0 Å². The van der Waals surface area contributed by atoms with E-state index in [-0.39, 0.29) is 5.91 Å². The minimum absolute atomic E-state index is 0.190. The standard InChI is InChI=1S/C15H13ClN4O/c1-2-20-14-8-3-10(9-13(14)18-19-20)15(21)17-12-6-4-11(16)5-7-12/h3-9H,2H2,1H3,(H,17,21). The van der Waals surface area contributed by atoms with Gasteiger partial charge in [-0.2, -0.15) is 0 Å². The molecule has 1 N–H and O–H groups in total. The Kier molecular flexibility index (Phi) is 3.58. The summed E-state index contributed by atoms with van der Waals surface area (Å²) in [6.07, 6.45) is 0. The number of hydrogen-bond acceptors (Lipinski definition) is 3. The van der Waals surface area contributed by atoms with Gasteiger partial charge in [0.1, 0.15) is 5.52 Å². The molecule has 0 saturated carbocycles. The average Bonchev–Trinajstić information content (AvgIpc) is 2.91. The number of aryl methyl sites for hydroxylation is 1. The summed E-state index contributed by atoms with van der Waals surface area (Å²) >= 11 is 5.82. The van der Waals surface area contributed by atoms with Crippen LogP contribution in [0.5, 0.6) is 0 Å². The molecular formula is C15H13ClN4O. The number of aromatic nitrogens is 3. The van der Waals surface area contributed by atoms with Crippen LogP contribution in [0.3, 0.4) is 0 Å². The first kappa shape index (κ1) is 13.6. The van der Waals surface area contributed by atoms with Crippen LogP contribution in [-0.4, -0.2) is 20.9 Å². The highest BCUT2D eigenvalue weighted by atomic mass is 35.5. The predicted molar refractivity (Wildman–Crippen MR) is 82.6 cm³/mol. The van der Waals surface area contributed by atoms with Gasteiger partial charge in [0.05, 0.1) is 5.52 Å². The number of fused-ring (bicyclic) bond motifs is 1. The minimum atomic E-state index is -0.190. The minimum Gasteiger partial charge on any atom is -0.322 e. The highest BCUT2D eigenvalue weighted by Crippen LogP contribution is 2.17. The molecule has 0 bridgehead atoms. The molecule has 0 saturated heterocycles. The van der Waals surface area contributed by atoms with Gasteiger partial charge in [-0.3, -0.25) is 4.79 Å². The van der Waals surface area contributed by atoms with Crippen LogP contribution in [0.15, 0.2) is 42.5 Å². The van der Waals surface area contributed by atoms with Crippen LogP contribution < -0.4 is 5.32 Å². The lowest BCUT2D eigenvalue weighted by Gasteiger charge is -2.05. The highest BCUT2D eigenvalue weighted by molar-refractivity contribution is 6.30. The van der Waals surface area contributed by atoms with Crippen molar-refractivity contribution >= 4 is 34.2 Å². The molecule has 0 radical (unpaired) electrons. The van der Waals surface area contributed by atoms with Crippen molar-refractivity contribution < 1.29 is 4.79 Å². The molecule has 3 rings (SSSR count). The number of carbonyl (C=O) groups is 1. The van der Waals surface area contributed by atoms with E-state index in [9.17, 15) is 4.79 Å². The summed E-state index contributed by atoms with van der Waals surface area (Å²) in [6, 6.07) is 12.3. The molecule has 6 heteroatoms. The van der Waals surface area contributed by atoms with E-state index in [1.165, 1.54) is 0 Å². The number of nitrogens with zero attached hydrogens (tertiary/aromatic N) is 3. The van der Waals surface area contributed by atoms with E-state index in [4.69, 9.17) is 11.6 Å². The van der Waals surface area contributed by atoms with E-state index in [1.54, 1.807) is 41.1 Å². The zero-order valence-electron chi connectivity index (χ0n) is 11.4. The van der Waals surface area contributed by atoms with Crippen LogP contribution in [0.4, 0.5) is 5.69 Å². The molecule has 2 aromatic carbocycles. The Balaban J connectivity index is 1.85. The van der Waals surface area contributed by atoms with Crippen molar-refractivity contribution in [2.24, 2.45) is 0 Å². The zero-order valence-corrected chi connectivity index (χ0v) is 12.1. The average molecular weight is 301 g/mol. The van der Waals surface area contributed by atoms with E-state index in [0.29, 0.717) is 21.8 Å². The Hall–Kier alpha value is -2.40. The molecule has 0 aliphatic carbocycles. The van der Waals surface area contributed by atoms with E-state index in [0.717, 1.165) is 12.1 Å². The number of halogens is 1. The molecule has 0 fully saturated rings. The van der Waals surface area contributed by atoms with Crippen molar-refractivity contribution in [2.75, 3.05) is 5.32 Å². The van der Waals surface area contributed by atoms with E-state index < -0.39 is 0 Å². The lowest BCUT2D eigenvalue weighted by Crippen LogP contribution is -2.11. The third kappa shape index (κ3) is 2.73. The highest BCUT2D eigenvalue weighted by Gasteiger charge is 2.10. The third-order valence-corrected chi connectivity index (χ3v) is 3.43. The Morgan fingerprint density at radius 2 is 2.00 bits per heavy atom. The van der Waals surface area contributed by atoms with Gasteiger partial charge in [0.2, 0.25) is 0 Å². The molecule has 0 aliphatic heterocycles. The number of nitrogens with one attached hydrogen (secondary N) is 1. The number of benzene rings is 2. The maximum Gasteiger partial charge on any atom is 0.255 e. The maximum absolute atomic E-state index is 12.2. The summed E-state index contributed by atoms with van der Waals surface area (Å²) in [5.74, 6) is -0.190. The van der Waals surface area contributed by atoms with Crippen molar-refractivity contribution in [3.8, 4) is 0 Å². The molecule has 1 aromatic heterocycles. The second kappa shape index (κ2) is 5.54. The van der Waals surface area contributed by atoms with Gasteiger partial charge in [0.25, 0.3) is 5.91 Å². The maximum atomic E-state index is 12.2. The van der Waals surface area contributed by atoms with E-state index >= 15 is 0 Å². The van der Waals surface area contributed by atoms with Crippen molar-refractivity contribution in [1.82, 2.24) is 15.0 Å². The number of hydrogen-bond donors (Lipinski definition) is 1. The largest absolute Gasteiger partial charge is 0.322 e. The van der Waals surface area contributed by atoms with Crippen molar-refractivity contribution in [2.45, 2.75) is 13.5 Å². The van der Waals surface area contributed by atoms with Gasteiger partial charge in [-0.1, -0.05) is 16.8 Å². The molecule has 21 heavy (non-hydrogen) atoms. The first-order valence-electron chi connectivity index (χ1n) is 6.57.